The summed E-state index contributed by atoms with van der Waals surface area (Å²) in [6.07, 6.45) is 1.04. The van der Waals surface area contributed by atoms with Gasteiger partial charge in [-0.1, -0.05) is 49.3 Å². The number of carbonyl (C=O) groups excluding carboxylic acids is 1. The van der Waals surface area contributed by atoms with Crippen LogP contribution >= 0.6 is 23.4 Å². The van der Waals surface area contributed by atoms with Gasteiger partial charge in [-0.3, -0.25) is 14.2 Å². The molecular formula is C23H26ClN3O3S. The summed E-state index contributed by atoms with van der Waals surface area (Å²) >= 11 is 7.32. The molecule has 0 saturated carbocycles. The fourth-order valence-electron chi connectivity index (χ4n) is 3.12. The molecular weight excluding hydrogens is 434 g/mol. The molecule has 1 N–H and O–H groups in total. The van der Waals surface area contributed by atoms with E-state index in [9.17, 15) is 9.59 Å². The number of aromatic nitrogens is 2. The highest BCUT2D eigenvalue weighted by Gasteiger charge is 2.15. The maximum Gasteiger partial charge on any atom is 0.266 e. The van der Waals surface area contributed by atoms with Gasteiger partial charge in [0.25, 0.3) is 5.56 Å². The number of methoxy groups -OCH3 is 1. The quantitative estimate of drug-likeness (QED) is 0.291. The molecule has 1 atom stereocenters. The van der Waals surface area contributed by atoms with Gasteiger partial charge in [0, 0.05) is 18.7 Å². The van der Waals surface area contributed by atoms with Gasteiger partial charge in [-0.25, -0.2) is 4.98 Å². The van der Waals surface area contributed by atoms with E-state index in [1.165, 1.54) is 17.3 Å². The molecule has 0 fully saturated rings. The molecule has 3 aromatic rings. The lowest BCUT2D eigenvalue weighted by atomic mass is 9.98. The predicted molar refractivity (Wildman–Crippen MR) is 127 cm³/mol. The van der Waals surface area contributed by atoms with Crippen molar-refractivity contribution in [3.05, 3.63) is 63.4 Å². The topological polar surface area (TPSA) is 73.2 Å². The molecule has 8 heteroatoms. The van der Waals surface area contributed by atoms with Crippen molar-refractivity contribution in [2.75, 3.05) is 26.0 Å². The predicted octanol–water partition coefficient (Wildman–Crippen LogP) is 4.41. The van der Waals surface area contributed by atoms with Gasteiger partial charge in [0.15, 0.2) is 5.16 Å². The van der Waals surface area contributed by atoms with E-state index in [1.807, 2.05) is 24.3 Å². The van der Waals surface area contributed by atoms with Crippen molar-refractivity contribution in [3.63, 3.8) is 0 Å². The van der Waals surface area contributed by atoms with Gasteiger partial charge in [-0.05, 0) is 48.2 Å². The zero-order chi connectivity index (χ0) is 22.4. The van der Waals surface area contributed by atoms with Crippen LogP contribution in [0.3, 0.4) is 0 Å². The average molecular weight is 460 g/mol. The monoisotopic (exact) mass is 459 g/mol. The summed E-state index contributed by atoms with van der Waals surface area (Å²) in [5.74, 6) is 0.418. The number of halogens is 1. The fraction of sp³-hybridized carbons (Fsp3) is 0.348. The number of fused-ring (bicyclic) bond motifs is 1. The second-order valence-corrected chi connectivity index (χ2v) is 8.61. The SMILES string of the molecule is CCC(C)c1ccc(-n2c(SCC(=O)NCCOC)nc3cc(Cl)ccc3c2=O)cc1. The molecule has 164 valence electrons. The molecule has 6 nitrogen and oxygen atoms in total. The number of benzene rings is 2. The normalized spacial score (nSPS) is 12.1. The van der Waals surface area contributed by atoms with Gasteiger partial charge in [-0.15, -0.1) is 0 Å². The van der Waals surface area contributed by atoms with E-state index >= 15 is 0 Å². The molecule has 3 rings (SSSR count). The van der Waals surface area contributed by atoms with Crippen LogP contribution < -0.4 is 10.9 Å². The van der Waals surface area contributed by atoms with E-state index in [4.69, 9.17) is 16.3 Å². The second kappa shape index (κ2) is 10.8. The number of thioether (sulfide) groups is 1. The third kappa shape index (κ3) is 5.67. The van der Waals surface area contributed by atoms with Gasteiger partial charge < -0.3 is 10.1 Å². The number of hydrogen-bond donors (Lipinski definition) is 1. The fourth-order valence-corrected chi connectivity index (χ4v) is 4.13. The zero-order valence-corrected chi connectivity index (χ0v) is 19.4. The van der Waals surface area contributed by atoms with Crippen molar-refractivity contribution < 1.29 is 9.53 Å². The van der Waals surface area contributed by atoms with Crippen LogP contribution in [0.5, 0.6) is 0 Å². The first-order valence-corrected chi connectivity index (χ1v) is 11.5. The summed E-state index contributed by atoms with van der Waals surface area (Å²) in [5.41, 5.74) is 2.24. The zero-order valence-electron chi connectivity index (χ0n) is 17.9. The molecule has 1 aromatic heterocycles. The summed E-state index contributed by atoms with van der Waals surface area (Å²) in [4.78, 5) is 30.2. The lowest BCUT2D eigenvalue weighted by Gasteiger charge is -2.15. The Balaban J connectivity index is 2.00. The van der Waals surface area contributed by atoms with E-state index in [-0.39, 0.29) is 17.2 Å². The maximum atomic E-state index is 13.3. The van der Waals surface area contributed by atoms with Crippen LogP contribution in [0.25, 0.3) is 16.6 Å². The molecule has 0 saturated heterocycles. The second-order valence-electron chi connectivity index (χ2n) is 7.23. The molecule has 0 aliphatic carbocycles. The number of nitrogens with one attached hydrogen (secondary N) is 1. The molecule has 1 amide bonds. The Hall–Kier alpha value is -2.35. The molecule has 2 aromatic carbocycles. The van der Waals surface area contributed by atoms with Crippen LogP contribution in [0.4, 0.5) is 0 Å². The maximum absolute atomic E-state index is 13.3. The average Bonchev–Trinajstić information content (AvgIpc) is 2.77. The van der Waals surface area contributed by atoms with Crippen molar-refractivity contribution in [1.82, 2.24) is 14.9 Å². The summed E-state index contributed by atoms with van der Waals surface area (Å²) in [7, 11) is 1.58. The van der Waals surface area contributed by atoms with Crippen molar-refractivity contribution >= 4 is 40.2 Å². The van der Waals surface area contributed by atoms with E-state index in [2.05, 4.69) is 24.1 Å². The van der Waals surface area contributed by atoms with Crippen LogP contribution in [-0.2, 0) is 9.53 Å². The highest BCUT2D eigenvalue weighted by Crippen LogP contribution is 2.25. The van der Waals surface area contributed by atoms with Gasteiger partial charge >= 0.3 is 0 Å². The summed E-state index contributed by atoms with van der Waals surface area (Å²) in [6.45, 7) is 5.19. The minimum Gasteiger partial charge on any atom is -0.383 e. The van der Waals surface area contributed by atoms with Crippen molar-refractivity contribution in [3.8, 4) is 5.69 Å². The smallest absolute Gasteiger partial charge is 0.266 e. The Kier molecular flexibility index (Phi) is 8.12. The lowest BCUT2D eigenvalue weighted by Crippen LogP contribution is -2.29. The standard InChI is InChI=1S/C23H26ClN3O3S/c1-4-15(2)16-5-8-18(9-6-16)27-22(29)19-10-7-17(24)13-20(19)26-23(27)31-14-21(28)25-11-12-30-3/h5-10,13,15H,4,11-12,14H2,1-3H3,(H,25,28). The Bertz CT molecular complexity index is 1120. The number of carbonyl (C=O) groups is 1. The van der Waals surface area contributed by atoms with Crippen molar-refractivity contribution in [2.24, 2.45) is 0 Å². The van der Waals surface area contributed by atoms with Crippen LogP contribution in [0.2, 0.25) is 5.02 Å². The molecule has 0 bridgehead atoms. The third-order valence-corrected chi connectivity index (χ3v) is 6.27. The van der Waals surface area contributed by atoms with Crippen LogP contribution in [-0.4, -0.2) is 41.5 Å². The Morgan fingerprint density at radius 1 is 1.26 bits per heavy atom. The molecule has 0 spiro atoms. The van der Waals surface area contributed by atoms with Crippen molar-refractivity contribution in [2.45, 2.75) is 31.3 Å². The van der Waals surface area contributed by atoms with Gasteiger partial charge in [0.05, 0.1) is 29.0 Å². The first-order valence-electron chi connectivity index (χ1n) is 10.2. The molecule has 31 heavy (non-hydrogen) atoms. The number of nitrogens with zero attached hydrogens (tertiary/aromatic N) is 2. The Morgan fingerprint density at radius 3 is 2.68 bits per heavy atom. The van der Waals surface area contributed by atoms with Crippen LogP contribution in [0.15, 0.2) is 52.4 Å². The number of hydrogen-bond acceptors (Lipinski definition) is 5. The summed E-state index contributed by atoms with van der Waals surface area (Å²) in [6, 6.07) is 12.9. The first-order chi connectivity index (χ1) is 14.9. The minimum absolute atomic E-state index is 0.132. The third-order valence-electron chi connectivity index (χ3n) is 5.09. The van der Waals surface area contributed by atoms with Crippen LogP contribution in [0.1, 0.15) is 31.7 Å². The summed E-state index contributed by atoms with van der Waals surface area (Å²) in [5, 5.41) is 4.20. The minimum atomic E-state index is -0.194. The first kappa shape index (κ1) is 23.3. The number of ether oxygens (including phenoxy) is 1. The largest absolute Gasteiger partial charge is 0.383 e. The Morgan fingerprint density at radius 2 is 2.00 bits per heavy atom. The number of rotatable bonds is 9. The molecule has 1 unspecified atom stereocenters. The molecule has 1 heterocycles. The van der Waals surface area contributed by atoms with E-state index in [0.717, 1.165) is 6.42 Å². The molecule has 0 aliphatic rings. The summed E-state index contributed by atoms with van der Waals surface area (Å²) < 4.78 is 6.51. The lowest BCUT2D eigenvalue weighted by molar-refractivity contribution is -0.118. The molecule has 0 radical (unpaired) electrons. The molecule has 0 aliphatic heterocycles. The van der Waals surface area contributed by atoms with Gasteiger partial charge in [0.1, 0.15) is 0 Å². The highest BCUT2D eigenvalue weighted by molar-refractivity contribution is 7.99. The number of amides is 1. The van der Waals surface area contributed by atoms with E-state index in [1.54, 1.807) is 29.9 Å². The highest BCUT2D eigenvalue weighted by atomic mass is 35.5. The Labute approximate surface area is 191 Å². The van der Waals surface area contributed by atoms with E-state index in [0.29, 0.717) is 45.8 Å². The van der Waals surface area contributed by atoms with Gasteiger partial charge in [0.2, 0.25) is 5.91 Å². The van der Waals surface area contributed by atoms with Gasteiger partial charge in [-0.2, -0.15) is 0 Å². The van der Waals surface area contributed by atoms with E-state index < -0.39 is 0 Å². The van der Waals surface area contributed by atoms with Crippen LogP contribution in [0, 0.1) is 0 Å². The van der Waals surface area contributed by atoms with Crippen molar-refractivity contribution in [1.29, 1.82) is 0 Å².